The van der Waals surface area contributed by atoms with E-state index in [9.17, 15) is 4.79 Å². The van der Waals surface area contributed by atoms with Crippen LogP contribution in [0.1, 0.15) is 29.1 Å². The number of para-hydroxylation sites is 2. The second-order valence-electron chi connectivity index (χ2n) is 6.26. The van der Waals surface area contributed by atoms with Gasteiger partial charge in [-0.25, -0.2) is 4.98 Å². The van der Waals surface area contributed by atoms with Gasteiger partial charge < -0.3 is 10.3 Å². The molecule has 1 aromatic heterocycles. The highest BCUT2D eigenvalue weighted by Gasteiger charge is 2.13. The van der Waals surface area contributed by atoms with Crippen LogP contribution < -0.4 is 5.32 Å². The van der Waals surface area contributed by atoms with Gasteiger partial charge in [0.2, 0.25) is 5.91 Å². The molecule has 2 aromatic carbocycles. The molecule has 3 rings (SSSR count). The minimum atomic E-state index is 0.0333. The number of H-pyrrole nitrogens is 1. The number of hydrogen-bond donors (Lipinski definition) is 2. The van der Waals surface area contributed by atoms with Gasteiger partial charge in [0.05, 0.1) is 33.7 Å². The van der Waals surface area contributed by atoms with Gasteiger partial charge in [-0.15, -0.1) is 11.8 Å². The molecular formula is C21H22N4OS2. The summed E-state index contributed by atoms with van der Waals surface area (Å²) in [6, 6.07) is 17.8. The highest BCUT2D eigenvalue weighted by atomic mass is 32.2. The molecule has 0 spiro atoms. The molecule has 0 fully saturated rings. The summed E-state index contributed by atoms with van der Waals surface area (Å²) in [6.07, 6.45) is 0. The van der Waals surface area contributed by atoms with Crippen LogP contribution in [0.2, 0.25) is 0 Å². The standard InChI is InChI=1S/C21H22N4OS2/c1-15(21-24-18-8-4-5-9-19(18)25-21)28-14-20(26)23-10-11-27-13-17-7-3-2-6-16(17)12-22/h2-9,15H,10-11,13-14H2,1H3,(H,23,26)(H,24,25). The molecule has 144 valence electrons. The van der Waals surface area contributed by atoms with E-state index in [2.05, 4.69) is 28.3 Å². The molecule has 2 N–H and O–H groups in total. The zero-order valence-electron chi connectivity index (χ0n) is 15.6. The van der Waals surface area contributed by atoms with E-state index in [0.29, 0.717) is 12.3 Å². The first-order chi connectivity index (χ1) is 13.7. The third kappa shape index (κ3) is 5.54. The van der Waals surface area contributed by atoms with E-state index in [1.54, 1.807) is 23.5 Å². The number of hydrogen-bond acceptors (Lipinski definition) is 5. The van der Waals surface area contributed by atoms with Gasteiger partial charge in [0.15, 0.2) is 0 Å². The van der Waals surface area contributed by atoms with E-state index in [4.69, 9.17) is 5.26 Å². The molecular weight excluding hydrogens is 388 g/mol. The zero-order chi connectivity index (χ0) is 19.8. The Bertz CT molecular complexity index is 947. The van der Waals surface area contributed by atoms with Crippen LogP contribution in [0.4, 0.5) is 0 Å². The number of amides is 1. The molecule has 0 bridgehead atoms. The van der Waals surface area contributed by atoms with Gasteiger partial charge >= 0.3 is 0 Å². The molecule has 0 aliphatic carbocycles. The molecule has 7 heteroatoms. The minimum Gasteiger partial charge on any atom is -0.355 e. The van der Waals surface area contributed by atoms with E-state index in [0.717, 1.165) is 39.5 Å². The third-order valence-electron chi connectivity index (χ3n) is 4.22. The molecule has 0 aliphatic rings. The van der Waals surface area contributed by atoms with Crippen LogP contribution in [0, 0.1) is 11.3 Å². The van der Waals surface area contributed by atoms with Crippen LogP contribution in [-0.4, -0.2) is 33.9 Å². The number of carbonyl (C=O) groups is 1. The first kappa shape index (κ1) is 20.3. The summed E-state index contributed by atoms with van der Waals surface area (Å²) >= 11 is 3.28. The van der Waals surface area contributed by atoms with Crippen molar-refractivity contribution in [2.24, 2.45) is 0 Å². The van der Waals surface area contributed by atoms with Crippen molar-refractivity contribution in [1.29, 1.82) is 5.26 Å². The van der Waals surface area contributed by atoms with E-state index in [1.165, 1.54) is 0 Å². The molecule has 1 heterocycles. The van der Waals surface area contributed by atoms with Crippen molar-refractivity contribution in [1.82, 2.24) is 15.3 Å². The van der Waals surface area contributed by atoms with Gasteiger partial charge in [0.1, 0.15) is 5.82 Å². The van der Waals surface area contributed by atoms with Gasteiger partial charge in [-0.05, 0) is 30.7 Å². The summed E-state index contributed by atoms with van der Waals surface area (Å²) < 4.78 is 0. The molecule has 0 saturated heterocycles. The first-order valence-corrected chi connectivity index (χ1v) is 11.3. The molecule has 3 aromatic rings. The number of nitrogens with one attached hydrogen (secondary N) is 2. The van der Waals surface area contributed by atoms with Gasteiger partial charge in [0, 0.05) is 18.1 Å². The maximum Gasteiger partial charge on any atom is 0.230 e. The Morgan fingerprint density at radius 1 is 1.25 bits per heavy atom. The van der Waals surface area contributed by atoms with E-state index < -0.39 is 0 Å². The molecule has 5 nitrogen and oxygen atoms in total. The lowest BCUT2D eigenvalue weighted by Gasteiger charge is -2.09. The SMILES string of the molecule is CC(SCC(=O)NCCSCc1ccccc1C#N)c1nc2ccccc2[nH]1. The van der Waals surface area contributed by atoms with Crippen molar-refractivity contribution in [3.05, 3.63) is 65.5 Å². The number of fused-ring (bicyclic) bond motifs is 1. The van der Waals surface area contributed by atoms with Crippen LogP contribution in [-0.2, 0) is 10.5 Å². The highest BCUT2D eigenvalue weighted by molar-refractivity contribution is 8.00. The Morgan fingerprint density at radius 3 is 2.86 bits per heavy atom. The Morgan fingerprint density at radius 2 is 2.04 bits per heavy atom. The average Bonchev–Trinajstić information content (AvgIpc) is 3.16. The third-order valence-corrected chi connectivity index (χ3v) is 6.38. The van der Waals surface area contributed by atoms with E-state index >= 15 is 0 Å². The minimum absolute atomic E-state index is 0.0333. The van der Waals surface area contributed by atoms with Crippen LogP contribution in [0.15, 0.2) is 48.5 Å². The van der Waals surface area contributed by atoms with Crippen molar-refractivity contribution in [2.75, 3.05) is 18.1 Å². The number of carbonyl (C=O) groups excluding carboxylic acids is 1. The van der Waals surface area contributed by atoms with Crippen LogP contribution in [0.3, 0.4) is 0 Å². The van der Waals surface area contributed by atoms with E-state index in [1.807, 2.05) is 48.5 Å². The normalized spacial score (nSPS) is 11.9. The summed E-state index contributed by atoms with van der Waals surface area (Å²) in [4.78, 5) is 20.0. The number of imidazole rings is 1. The molecule has 1 atom stereocenters. The highest BCUT2D eigenvalue weighted by Crippen LogP contribution is 2.27. The Hall–Kier alpha value is -2.43. The summed E-state index contributed by atoms with van der Waals surface area (Å²) in [5.41, 5.74) is 3.72. The van der Waals surface area contributed by atoms with Gasteiger partial charge in [-0.2, -0.15) is 17.0 Å². The Kier molecular flexibility index (Phi) is 7.40. The molecule has 0 radical (unpaired) electrons. The number of benzene rings is 2. The van der Waals surface area contributed by atoms with Gasteiger partial charge in [0.25, 0.3) is 0 Å². The van der Waals surface area contributed by atoms with Crippen molar-refractivity contribution in [2.45, 2.75) is 17.9 Å². The lowest BCUT2D eigenvalue weighted by molar-refractivity contribution is -0.118. The number of aromatic amines is 1. The maximum atomic E-state index is 12.1. The number of thioether (sulfide) groups is 2. The lowest BCUT2D eigenvalue weighted by atomic mass is 10.1. The summed E-state index contributed by atoms with van der Waals surface area (Å²) in [6.45, 7) is 2.68. The van der Waals surface area contributed by atoms with Crippen LogP contribution >= 0.6 is 23.5 Å². The predicted molar refractivity (Wildman–Crippen MR) is 117 cm³/mol. The topological polar surface area (TPSA) is 81.6 Å². The molecule has 1 amide bonds. The van der Waals surface area contributed by atoms with Crippen LogP contribution in [0.5, 0.6) is 0 Å². The number of aromatic nitrogens is 2. The smallest absolute Gasteiger partial charge is 0.230 e. The maximum absolute atomic E-state index is 12.1. The predicted octanol–water partition coefficient (Wildman–Crippen LogP) is 4.28. The zero-order valence-corrected chi connectivity index (χ0v) is 17.3. The first-order valence-electron chi connectivity index (χ1n) is 9.06. The van der Waals surface area contributed by atoms with Crippen LogP contribution in [0.25, 0.3) is 11.0 Å². The fourth-order valence-electron chi connectivity index (χ4n) is 2.70. The quantitative estimate of drug-likeness (QED) is 0.515. The van der Waals surface area contributed by atoms with Crippen molar-refractivity contribution >= 4 is 40.5 Å². The summed E-state index contributed by atoms with van der Waals surface area (Å²) in [7, 11) is 0. The molecule has 1 unspecified atom stereocenters. The second-order valence-corrected chi connectivity index (χ2v) is 8.70. The lowest BCUT2D eigenvalue weighted by Crippen LogP contribution is -2.27. The fraction of sp³-hybridized carbons (Fsp3) is 0.286. The fourth-order valence-corrected chi connectivity index (χ4v) is 4.33. The van der Waals surface area contributed by atoms with Gasteiger partial charge in [-0.3, -0.25) is 4.79 Å². The van der Waals surface area contributed by atoms with Crippen molar-refractivity contribution in [3.63, 3.8) is 0 Å². The Balaban J connectivity index is 1.35. The Labute approximate surface area is 173 Å². The van der Waals surface area contributed by atoms with Gasteiger partial charge in [-0.1, -0.05) is 30.3 Å². The number of rotatable bonds is 9. The second kappa shape index (κ2) is 10.2. The van der Waals surface area contributed by atoms with Crippen molar-refractivity contribution < 1.29 is 4.79 Å². The monoisotopic (exact) mass is 410 g/mol. The van der Waals surface area contributed by atoms with Crippen molar-refractivity contribution in [3.8, 4) is 6.07 Å². The molecule has 28 heavy (non-hydrogen) atoms. The number of nitrogens with zero attached hydrogens (tertiary/aromatic N) is 2. The largest absolute Gasteiger partial charge is 0.355 e. The molecule has 0 saturated carbocycles. The van der Waals surface area contributed by atoms with E-state index in [-0.39, 0.29) is 11.2 Å². The number of nitriles is 1. The summed E-state index contributed by atoms with van der Waals surface area (Å²) in [5, 5.41) is 12.2. The molecule has 0 aliphatic heterocycles. The average molecular weight is 411 g/mol. The summed E-state index contributed by atoms with van der Waals surface area (Å²) in [5.74, 6) is 2.92.